The van der Waals surface area contributed by atoms with Crippen molar-refractivity contribution in [3.05, 3.63) is 72.8 Å². The second kappa shape index (κ2) is 5.07. The van der Waals surface area contributed by atoms with Crippen molar-refractivity contribution in [1.82, 2.24) is 0 Å². The highest BCUT2D eigenvalue weighted by molar-refractivity contribution is 14.1. The lowest BCUT2D eigenvalue weighted by Gasteiger charge is -2.17. The molecule has 0 amide bonds. The van der Waals surface area contributed by atoms with E-state index in [4.69, 9.17) is 4.42 Å². The number of hydrogen-bond donors (Lipinski definition) is 0. The van der Waals surface area contributed by atoms with Gasteiger partial charge in [0.1, 0.15) is 11.2 Å². The Kier molecular flexibility index (Phi) is 3.07. The number of nitrogens with zero attached hydrogens (tertiary/aromatic N) is 1. The summed E-state index contributed by atoms with van der Waals surface area (Å²) in [5, 5.41) is 2.31. The Labute approximate surface area is 136 Å². The molecule has 4 rings (SSSR count). The van der Waals surface area contributed by atoms with Gasteiger partial charge in [-0.2, -0.15) is 0 Å². The second-order valence-electron chi connectivity index (χ2n) is 4.86. The minimum atomic E-state index is 0.922. The highest BCUT2D eigenvalue weighted by Crippen LogP contribution is 2.40. The summed E-state index contributed by atoms with van der Waals surface area (Å²) in [6.45, 7) is 0. The average Bonchev–Trinajstić information content (AvgIpc) is 2.93. The van der Waals surface area contributed by atoms with Gasteiger partial charge < -0.3 is 4.42 Å². The smallest absolute Gasteiger partial charge is 0.137 e. The Morgan fingerprint density at radius 3 is 2.29 bits per heavy atom. The van der Waals surface area contributed by atoms with Gasteiger partial charge in [-0.25, -0.2) is 0 Å². The molecule has 0 atom stereocenters. The molecule has 3 heteroatoms. The summed E-state index contributed by atoms with van der Waals surface area (Å²) in [7, 11) is 0. The highest BCUT2D eigenvalue weighted by Gasteiger charge is 2.14. The summed E-state index contributed by atoms with van der Waals surface area (Å²) in [5.41, 5.74) is 4.14. The van der Waals surface area contributed by atoms with Gasteiger partial charge in [-0.15, -0.1) is 0 Å². The van der Waals surface area contributed by atoms with Crippen LogP contribution in [0.3, 0.4) is 0 Å². The monoisotopic (exact) mass is 385 g/mol. The Bertz CT molecular complexity index is 914. The number of anilines is 2. The molecule has 0 N–H and O–H groups in total. The van der Waals surface area contributed by atoms with Crippen molar-refractivity contribution in [2.24, 2.45) is 0 Å². The SMILES string of the molecule is IN(c1ccccc1)c1cccc2oc3ccccc3c12. The molecule has 0 saturated heterocycles. The predicted molar refractivity (Wildman–Crippen MR) is 96.3 cm³/mol. The minimum Gasteiger partial charge on any atom is -0.456 e. The number of furan rings is 1. The maximum absolute atomic E-state index is 5.95. The van der Waals surface area contributed by atoms with Crippen LogP contribution in [-0.4, -0.2) is 0 Å². The molecule has 2 nitrogen and oxygen atoms in total. The van der Waals surface area contributed by atoms with E-state index in [1.54, 1.807) is 0 Å². The maximum Gasteiger partial charge on any atom is 0.137 e. The fourth-order valence-corrected chi connectivity index (χ4v) is 3.34. The van der Waals surface area contributed by atoms with Gasteiger partial charge >= 0.3 is 0 Å². The van der Waals surface area contributed by atoms with E-state index in [-0.39, 0.29) is 0 Å². The van der Waals surface area contributed by atoms with E-state index in [0.717, 1.165) is 33.3 Å². The fraction of sp³-hybridized carbons (Fsp3) is 0. The first-order chi connectivity index (χ1) is 10.3. The standard InChI is InChI=1S/C18H12INO/c19-20(13-7-2-1-3-8-13)15-10-6-12-17-18(15)14-9-4-5-11-16(14)21-17/h1-12H. The lowest BCUT2D eigenvalue weighted by molar-refractivity contribution is 0.669. The Morgan fingerprint density at radius 2 is 1.43 bits per heavy atom. The molecule has 0 radical (unpaired) electrons. The van der Waals surface area contributed by atoms with E-state index >= 15 is 0 Å². The molecule has 1 heterocycles. The maximum atomic E-state index is 5.95. The van der Waals surface area contributed by atoms with Crippen molar-refractivity contribution in [3.63, 3.8) is 0 Å². The Balaban J connectivity index is 2.00. The molecular weight excluding hydrogens is 373 g/mol. The topological polar surface area (TPSA) is 16.4 Å². The van der Waals surface area contributed by atoms with Gasteiger partial charge in [0, 0.05) is 5.39 Å². The third-order valence-corrected chi connectivity index (χ3v) is 4.65. The van der Waals surface area contributed by atoms with Crippen LogP contribution in [0.5, 0.6) is 0 Å². The normalized spacial score (nSPS) is 11.1. The first-order valence-electron chi connectivity index (χ1n) is 6.76. The molecule has 3 aromatic carbocycles. The van der Waals surface area contributed by atoms with Crippen LogP contribution in [-0.2, 0) is 0 Å². The second-order valence-corrected chi connectivity index (χ2v) is 5.83. The molecule has 0 unspecified atom stereocenters. The van der Waals surface area contributed by atoms with Crippen LogP contribution < -0.4 is 3.11 Å². The molecule has 0 saturated carbocycles. The third kappa shape index (κ3) is 2.08. The number of rotatable bonds is 2. The summed E-state index contributed by atoms with van der Waals surface area (Å²) < 4.78 is 8.12. The van der Waals surface area contributed by atoms with Gasteiger partial charge in [0.15, 0.2) is 0 Å². The molecule has 1 aromatic heterocycles. The first-order valence-corrected chi connectivity index (χ1v) is 7.72. The van der Waals surface area contributed by atoms with E-state index in [1.807, 2.05) is 36.4 Å². The fourth-order valence-electron chi connectivity index (χ4n) is 2.62. The zero-order chi connectivity index (χ0) is 14.2. The summed E-state index contributed by atoms with van der Waals surface area (Å²) in [5.74, 6) is 0. The number of fused-ring (bicyclic) bond motifs is 3. The summed E-state index contributed by atoms with van der Waals surface area (Å²) >= 11 is 2.34. The van der Waals surface area contributed by atoms with E-state index in [0.29, 0.717) is 0 Å². The van der Waals surface area contributed by atoms with Crippen molar-refractivity contribution >= 4 is 56.2 Å². The Hall–Kier alpha value is -2.01. The molecule has 0 spiro atoms. The van der Waals surface area contributed by atoms with Gasteiger partial charge in [0.25, 0.3) is 0 Å². The van der Waals surface area contributed by atoms with Crippen molar-refractivity contribution in [3.8, 4) is 0 Å². The van der Waals surface area contributed by atoms with Crippen molar-refractivity contribution in [2.45, 2.75) is 0 Å². The lowest BCUT2D eigenvalue weighted by Crippen LogP contribution is -2.00. The molecule has 21 heavy (non-hydrogen) atoms. The van der Waals surface area contributed by atoms with Gasteiger partial charge in [-0.1, -0.05) is 42.5 Å². The predicted octanol–water partition coefficient (Wildman–Crippen LogP) is 6.07. The zero-order valence-corrected chi connectivity index (χ0v) is 13.3. The number of para-hydroxylation sites is 2. The average molecular weight is 385 g/mol. The first kappa shape index (κ1) is 12.7. The van der Waals surface area contributed by atoms with Crippen molar-refractivity contribution < 1.29 is 4.42 Å². The van der Waals surface area contributed by atoms with E-state index < -0.39 is 0 Å². The van der Waals surface area contributed by atoms with Crippen molar-refractivity contribution in [1.29, 1.82) is 0 Å². The van der Waals surface area contributed by atoms with E-state index in [1.165, 1.54) is 0 Å². The van der Waals surface area contributed by atoms with Gasteiger partial charge in [-0.05, 0) is 30.3 Å². The molecule has 0 bridgehead atoms. The van der Waals surface area contributed by atoms with Crippen molar-refractivity contribution in [2.75, 3.05) is 3.11 Å². The molecule has 0 aliphatic carbocycles. The molecule has 0 aliphatic rings. The summed E-state index contributed by atoms with van der Waals surface area (Å²) in [6, 6.07) is 24.7. The number of benzene rings is 3. The number of halogens is 1. The van der Waals surface area contributed by atoms with Gasteiger partial charge in [0.2, 0.25) is 0 Å². The van der Waals surface area contributed by atoms with Crippen LogP contribution in [0.15, 0.2) is 77.2 Å². The van der Waals surface area contributed by atoms with Crippen LogP contribution >= 0.6 is 22.9 Å². The quantitative estimate of drug-likeness (QED) is 0.307. The Morgan fingerprint density at radius 1 is 0.714 bits per heavy atom. The van der Waals surface area contributed by atoms with Crippen LogP contribution in [0.4, 0.5) is 11.4 Å². The van der Waals surface area contributed by atoms with Gasteiger partial charge in [-0.3, -0.25) is 3.11 Å². The number of hydrogen-bond acceptors (Lipinski definition) is 2. The third-order valence-electron chi connectivity index (χ3n) is 3.57. The van der Waals surface area contributed by atoms with Crippen LogP contribution in [0, 0.1) is 0 Å². The molecule has 4 aromatic rings. The van der Waals surface area contributed by atoms with Crippen LogP contribution in [0.25, 0.3) is 21.9 Å². The molecule has 0 aliphatic heterocycles. The molecule has 102 valence electrons. The largest absolute Gasteiger partial charge is 0.456 e. The van der Waals surface area contributed by atoms with Crippen LogP contribution in [0.2, 0.25) is 0 Å². The van der Waals surface area contributed by atoms with Crippen LogP contribution in [0.1, 0.15) is 0 Å². The molecule has 0 fully saturated rings. The molecular formula is C18H12INO. The zero-order valence-electron chi connectivity index (χ0n) is 11.2. The summed E-state index contributed by atoms with van der Waals surface area (Å²) in [4.78, 5) is 0. The highest BCUT2D eigenvalue weighted by atomic mass is 127. The van der Waals surface area contributed by atoms with E-state index in [9.17, 15) is 0 Å². The van der Waals surface area contributed by atoms with Gasteiger partial charge in [0.05, 0.1) is 39.6 Å². The lowest BCUT2D eigenvalue weighted by atomic mass is 10.1. The minimum absolute atomic E-state index is 0.922. The van der Waals surface area contributed by atoms with E-state index in [2.05, 4.69) is 62.4 Å². The summed E-state index contributed by atoms with van der Waals surface area (Å²) in [6.07, 6.45) is 0.